The third kappa shape index (κ3) is 3.93. The number of aromatic nitrogens is 1. The largest absolute Gasteiger partial charge is 0.254 e. The molecule has 1 aromatic heterocycles. The van der Waals surface area contributed by atoms with Crippen LogP contribution in [0.1, 0.15) is 17.0 Å². The van der Waals surface area contributed by atoms with E-state index in [4.69, 9.17) is 0 Å². The SMILES string of the molecule is CN=NCc1cc(C)cc(CN=NC)n1. The van der Waals surface area contributed by atoms with Gasteiger partial charge in [-0.3, -0.25) is 4.98 Å². The van der Waals surface area contributed by atoms with Gasteiger partial charge in [-0.1, -0.05) is 0 Å². The van der Waals surface area contributed by atoms with Crippen LogP contribution >= 0.6 is 0 Å². The highest BCUT2D eigenvalue weighted by molar-refractivity contribution is 5.20. The highest BCUT2D eigenvalue weighted by Crippen LogP contribution is 2.07. The molecular formula is C10H15N5. The maximum Gasteiger partial charge on any atom is 0.102 e. The molecule has 0 aliphatic rings. The molecule has 80 valence electrons. The molecule has 0 unspecified atom stereocenters. The summed E-state index contributed by atoms with van der Waals surface area (Å²) in [4.78, 5) is 4.40. The Kier molecular flexibility index (Phi) is 4.53. The van der Waals surface area contributed by atoms with Crippen LogP contribution < -0.4 is 0 Å². The number of nitrogens with zero attached hydrogens (tertiary/aromatic N) is 5. The number of pyridine rings is 1. The van der Waals surface area contributed by atoms with Crippen LogP contribution in [0.5, 0.6) is 0 Å². The smallest absolute Gasteiger partial charge is 0.102 e. The average Bonchev–Trinajstić information content (AvgIpc) is 2.23. The number of hydrogen-bond acceptors (Lipinski definition) is 5. The summed E-state index contributed by atoms with van der Waals surface area (Å²) in [5.74, 6) is 0. The topological polar surface area (TPSA) is 62.3 Å². The van der Waals surface area contributed by atoms with E-state index >= 15 is 0 Å². The fraction of sp³-hybridized carbons (Fsp3) is 0.500. The Bertz CT molecular complexity index is 338. The molecule has 0 saturated heterocycles. The molecule has 0 aromatic carbocycles. The van der Waals surface area contributed by atoms with E-state index in [0.717, 1.165) is 17.0 Å². The summed E-state index contributed by atoms with van der Waals surface area (Å²) in [6.45, 7) is 3.07. The third-order valence-corrected chi connectivity index (χ3v) is 1.82. The molecule has 0 bridgehead atoms. The van der Waals surface area contributed by atoms with Gasteiger partial charge in [0.05, 0.1) is 11.4 Å². The van der Waals surface area contributed by atoms with Crippen molar-refractivity contribution in [2.45, 2.75) is 20.0 Å². The molecule has 1 aromatic rings. The predicted octanol–water partition coefficient (Wildman–Crippen LogP) is 2.55. The summed E-state index contributed by atoms with van der Waals surface area (Å²) in [7, 11) is 3.31. The lowest BCUT2D eigenvalue weighted by Crippen LogP contribution is -1.95. The molecule has 0 spiro atoms. The van der Waals surface area contributed by atoms with E-state index in [1.165, 1.54) is 0 Å². The van der Waals surface area contributed by atoms with E-state index < -0.39 is 0 Å². The molecule has 1 rings (SSSR count). The van der Waals surface area contributed by atoms with Crippen molar-refractivity contribution in [2.75, 3.05) is 14.1 Å². The van der Waals surface area contributed by atoms with E-state index in [0.29, 0.717) is 13.1 Å². The molecule has 0 aliphatic heterocycles. The van der Waals surface area contributed by atoms with Gasteiger partial charge in [-0.15, -0.1) is 0 Å². The van der Waals surface area contributed by atoms with Gasteiger partial charge in [0, 0.05) is 14.1 Å². The van der Waals surface area contributed by atoms with Gasteiger partial charge in [0.1, 0.15) is 13.1 Å². The summed E-state index contributed by atoms with van der Waals surface area (Å²) >= 11 is 0. The van der Waals surface area contributed by atoms with Crippen molar-refractivity contribution in [3.05, 3.63) is 29.1 Å². The first-order valence-electron chi connectivity index (χ1n) is 4.74. The molecule has 0 fully saturated rings. The van der Waals surface area contributed by atoms with Crippen LogP contribution in [0.15, 0.2) is 32.6 Å². The summed E-state index contributed by atoms with van der Waals surface area (Å²) in [5.41, 5.74) is 3.00. The lowest BCUT2D eigenvalue weighted by Gasteiger charge is -2.01. The Morgan fingerprint density at radius 3 is 1.87 bits per heavy atom. The molecule has 0 N–H and O–H groups in total. The highest BCUT2D eigenvalue weighted by atomic mass is 15.1. The normalized spacial score (nSPS) is 11.7. The van der Waals surface area contributed by atoms with Crippen molar-refractivity contribution in [1.29, 1.82) is 0 Å². The number of azo groups is 2. The van der Waals surface area contributed by atoms with Crippen molar-refractivity contribution in [3.8, 4) is 0 Å². The van der Waals surface area contributed by atoms with Crippen LogP contribution in [0.2, 0.25) is 0 Å². The van der Waals surface area contributed by atoms with Gasteiger partial charge >= 0.3 is 0 Å². The molecule has 0 aliphatic carbocycles. The van der Waals surface area contributed by atoms with Crippen LogP contribution in [0.25, 0.3) is 0 Å². The molecule has 15 heavy (non-hydrogen) atoms. The first kappa shape index (κ1) is 11.4. The monoisotopic (exact) mass is 205 g/mol. The van der Waals surface area contributed by atoms with E-state index in [-0.39, 0.29) is 0 Å². The fourth-order valence-corrected chi connectivity index (χ4v) is 1.26. The van der Waals surface area contributed by atoms with Crippen LogP contribution in [-0.2, 0) is 13.1 Å². The van der Waals surface area contributed by atoms with Crippen LogP contribution in [0, 0.1) is 6.92 Å². The van der Waals surface area contributed by atoms with Gasteiger partial charge in [-0.25, -0.2) is 0 Å². The molecule has 0 amide bonds. The van der Waals surface area contributed by atoms with Gasteiger partial charge in [0.15, 0.2) is 0 Å². The van der Waals surface area contributed by atoms with Gasteiger partial charge in [0.25, 0.3) is 0 Å². The van der Waals surface area contributed by atoms with Crippen molar-refractivity contribution < 1.29 is 0 Å². The highest BCUT2D eigenvalue weighted by Gasteiger charge is 1.99. The third-order valence-electron chi connectivity index (χ3n) is 1.82. The zero-order valence-corrected chi connectivity index (χ0v) is 9.30. The average molecular weight is 205 g/mol. The molecule has 0 atom stereocenters. The van der Waals surface area contributed by atoms with Crippen molar-refractivity contribution in [3.63, 3.8) is 0 Å². The summed E-state index contributed by atoms with van der Waals surface area (Å²) < 4.78 is 0. The Hall–Kier alpha value is -1.65. The Morgan fingerprint density at radius 1 is 1.00 bits per heavy atom. The maximum absolute atomic E-state index is 4.40. The fourth-order valence-electron chi connectivity index (χ4n) is 1.26. The minimum Gasteiger partial charge on any atom is -0.254 e. The van der Waals surface area contributed by atoms with E-state index in [2.05, 4.69) is 25.4 Å². The van der Waals surface area contributed by atoms with Crippen molar-refractivity contribution in [2.24, 2.45) is 20.5 Å². The van der Waals surface area contributed by atoms with Gasteiger partial charge in [0.2, 0.25) is 0 Å². The van der Waals surface area contributed by atoms with E-state index in [1.807, 2.05) is 19.1 Å². The van der Waals surface area contributed by atoms with Gasteiger partial charge in [-0.05, 0) is 24.6 Å². The minimum absolute atomic E-state index is 0.522. The van der Waals surface area contributed by atoms with Crippen molar-refractivity contribution in [1.82, 2.24) is 4.98 Å². The number of rotatable bonds is 4. The number of hydrogen-bond donors (Lipinski definition) is 0. The van der Waals surface area contributed by atoms with Crippen molar-refractivity contribution >= 4 is 0 Å². The lowest BCUT2D eigenvalue weighted by molar-refractivity contribution is 0.842. The number of aryl methyl sites for hydroxylation is 1. The second kappa shape index (κ2) is 5.95. The molecule has 5 nitrogen and oxygen atoms in total. The maximum atomic E-state index is 4.40. The molecule has 0 radical (unpaired) electrons. The second-order valence-electron chi connectivity index (χ2n) is 3.13. The summed E-state index contributed by atoms with van der Waals surface area (Å²) in [6.07, 6.45) is 0. The van der Waals surface area contributed by atoms with Crippen LogP contribution in [-0.4, -0.2) is 19.1 Å². The van der Waals surface area contributed by atoms with E-state index in [9.17, 15) is 0 Å². The van der Waals surface area contributed by atoms with Crippen LogP contribution in [0.4, 0.5) is 0 Å². The second-order valence-corrected chi connectivity index (χ2v) is 3.13. The minimum atomic E-state index is 0.522. The van der Waals surface area contributed by atoms with Crippen LogP contribution in [0.3, 0.4) is 0 Å². The Morgan fingerprint density at radius 2 is 1.47 bits per heavy atom. The Balaban J connectivity index is 2.84. The zero-order valence-electron chi connectivity index (χ0n) is 9.30. The zero-order chi connectivity index (χ0) is 11.1. The predicted molar refractivity (Wildman–Crippen MR) is 57.9 cm³/mol. The standard InChI is InChI=1S/C10H15N5/c1-8-4-9(6-13-11-2)15-10(5-8)7-14-12-3/h4-5H,6-7H2,1-3H3. The first-order valence-corrected chi connectivity index (χ1v) is 4.74. The van der Waals surface area contributed by atoms with E-state index in [1.54, 1.807) is 14.1 Å². The first-order chi connectivity index (χ1) is 7.26. The van der Waals surface area contributed by atoms with Gasteiger partial charge < -0.3 is 0 Å². The summed E-state index contributed by atoms with van der Waals surface area (Å²) in [5, 5.41) is 15.2. The Labute approximate surface area is 89.4 Å². The quantitative estimate of drug-likeness (QED) is 0.697. The molecule has 0 saturated carbocycles. The molecule has 1 heterocycles. The van der Waals surface area contributed by atoms with Gasteiger partial charge in [-0.2, -0.15) is 20.5 Å². The lowest BCUT2D eigenvalue weighted by atomic mass is 10.2. The summed E-state index contributed by atoms with van der Waals surface area (Å²) in [6, 6.07) is 4.00. The molecule has 5 heteroatoms. The molecular weight excluding hydrogens is 190 g/mol.